The minimum absolute atomic E-state index is 0.104. The molecule has 0 unspecified atom stereocenters. The number of fused-ring (bicyclic) bond motifs is 1. The number of halogens is 2. The van der Waals surface area contributed by atoms with Gasteiger partial charge in [-0.05, 0) is 24.6 Å². The molecule has 2 atom stereocenters. The second kappa shape index (κ2) is 8.47. The Hall–Kier alpha value is -2.90. The van der Waals surface area contributed by atoms with Crippen LogP contribution in [0.2, 0.25) is 10.0 Å². The van der Waals surface area contributed by atoms with Crippen LogP contribution in [0.3, 0.4) is 0 Å². The number of carbonyl (C=O) groups is 2. The number of ketones is 2. The van der Waals surface area contributed by atoms with Crippen LogP contribution in [0.1, 0.15) is 23.7 Å². The second-order valence-corrected chi connectivity index (χ2v) is 9.10. The van der Waals surface area contributed by atoms with Crippen molar-refractivity contribution in [2.75, 3.05) is 38.5 Å². The minimum atomic E-state index is -1.71. The molecule has 1 spiro atoms. The van der Waals surface area contributed by atoms with Gasteiger partial charge in [0.05, 0.1) is 25.6 Å². The molecule has 1 aliphatic heterocycles. The van der Waals surface area contributed by atoms with Gasteiger partial charge in [0.25, 0.3) is 0 Å². The van der Waals surface area contributed by atoms with E-state index in [0.717, 1.165) is 11.4 Å². The fourth-order valence-electron chi connectivity index (χ4n) is 4.39. The zero-order valence-electron chi connectivity index (χ0n) is 18.9. The van der Waals surface area contributed by atoms with Crippen molar-refractivity contribution in [3.05, 3.63) is 51.6 Å². The highest BCUT2D eigenvalue weighted by Crippen LogP contribution is 2.53. The van der Waals surface area contributed by atoms with Crippen LogP contribution in [0.15, 0.2) is 36.0 Å². The summed E-state index contributed by atoms with van der Waals surface area (Å²) < 4.78 is 16.7. The highest BCUT2D eigenvalue weighted by molar-refractivity contribution is 6.36. The average molecular weight is 491 g/mol. The molecule has 0 radical (unpaired) electrons. The zero-order valence-corrected chi connectivity index (χ0v) is 20.4. The first kappa shape index (κ1) is 23.3. The lowest BCUT2D eigenvalue weighted by molar-refractivity contribution is -0.129. The van der Waals surface area contributed by atoms with Gasteiger partial charge < -0.3 is 24.4 Å². The molecule has 0 amide bonds. The summed E-state index contributed by atoms with van der Waals surface area (Å²) in [6.07, 6.45) is 1.81. The SMILES string of the molecule is COc1cc(OC)c2c(c1Cl)O[C@@]1(C(=O)C=C(Nc3cc(Cl)ccc3N(C)C)C[C@H]1C)C2=O. The molecule has 0 fully saturated rings. The van der Waals surface area contributed by atoms with Crippen molar-refractivity contribution in [1.29, 1.82) is 0 Å². The number of carbonyl (C=O) groups excluding carboxylic acids is 2. The van der Waals surface area contributed by atoms with Crippen LogP contribution < -0.4 is 24.4 Å². The molecule has 7 nitrogen and oxygen atoms in total. The molecule has 33 heavy (non-hydrogen) atoms. The van der Waals surface area contributed by atoms with E-state index in [4.69, 9.17) is 37.4 Å². The van der Waals surface area contributed by atoms with E-state index in [-0.39, 0.29) is 22.1 Å². The summed E-state index contributed by atoms with van der Waals surface area (Å²) >= 11 is 12.6. The summed E-state index contributed by atoms with van der Waals surface area (Å²) in [6, 6.07) is 7.00. The van der Waals surface area contributed by atoms with Gasteiger partial charge in [-0.2, -0.15) is 0 Å². The maximum Gasteiger partial charge on any atom is 0.236 e. The van der Waals surface area contributed by atoms with Crippen molar-refractivity contribution in [2.24, 2.45) is 5.92 Å². The Morgan fingerprint density at radius 3 is 2.42 bits per heavy atom. The number of benzene rings is 2. The number of anilines is 2. The van der Waals surface area contributed by atoms with E-state index in [1.807, 2.05) is 25.1 Å². The topological polar surface area (TPSA) is 77.1 Å². The molecule has 4 rings (SSSR count). The van der Waals surface area contributed by atoms with Gasteiger partial charge in [0.2, 0.25) is 17.2 Å². The lowest BCUT2D eigenvalue weighted by Gasteiger charge is -2.35. The molecule has 0 saturated heterocycles. The Labute approximate surface area is 202 Å². The van der Waals surface area contributed by atoms with Gasteiger partial charge in [0.1, 0.15) is 22.1 Å². The Morgan fingerprint density at radius 1 is 1.12 bits per heavy atom. The quantitative estimate of drug-likeness (QED) is 0.591. The van der Waals surface area contributed by atoms with Crippen LogP contribution in [0.5, 0.6) is 17.2 Å². The Morgan fingerprint density at radius 2 is 1.82 bits per heavy atom. The Bertz CT molecular complexity index is 1190. The average Bonchev–Trinajstić information content (AvgIpc) is 3.07. The van der Waals surface area contributed by atoms with E-state index in [0.29, 0.717) is 22.9 Å². The van der Waals surface area contributed by atoms with Crippen LogP contribution in [-0.2, 0) is 4.79 Å². The smallest absolute Gasteiger partial charge is 0.236 e. The summed E-state index contributed by atoms with van der Waals surface area (Å²) in [7, 11) is 6.72. The highest BCUT2D eigenvalue weighted by atomic mass is 35.5. The van der Waals surface area contributed by atoms with Crippen LogP contribution in [0.25, 0.3) is 0 Å². The van der Waals surface area contributed by atoms with Crippen molar-refractivity contribution in [1.82, 2.24) is 0 Å². The van der Waals surface area contributed by atoms with E-state index >= 15 is 0 Å². The normalized spacial score (nSPS) is 21.4. The molecule has 2 aliphatic rings. The number of Topliss-reactive ketones (excluding diaryl/α,β-unsaturated/α-hetero) is 1. The number of nitrogens with one attached hydrogen (secondary N) is 1. The third-order valence-electron chi connectivity index (χ3n) is 6.05. The number of methoxy groups -OCH3 is 2. The predicted molar refractivity (Wildman–Crippen MR) is 129 cm³/mol. The largest absolute Gasteiger partial charge is 0.496 e. The van der Waals surface area contributed by atoms with Gasteiger partial charge in [-0.25, -0.2) is 0 Å². The molecule has 1 aliphatic carbocycles. The van der Waals surface area contributed by atoms with Crippen LogP contribution in [0, 0.1) is 5.92 Å². The van der Waals surface area contributed by atoms with Gasteiger partial charge in [-0.1, -0.05) is 30.1 Å². The van der Waals surface area contributed by atoms with Crippen molar-refractivity contribution in [2.45, 2.75) is 18.9 Å². The molecule has 9 heteroatoms. The van der Waals surface area contributed by atoms with Gasteiger partial charge >= 0.3 is 0 Å². The molecule has 174 valence electrons. The summed E-state index contributed by atoms with van der Waals surface area (Å²) in [6.45, 7) is 1.80. The second-order valence-electron chi connectivity index (χ2n) is 8.29. The van der Waals surface area contributed by atoms with Gasteiger partial charge in [0, 0.05) is 42.9 Å². The minimum Gasteiger partial charge on any atom is -0.496 e. The summed E-state index contributed by atoms with van der Waals surface area (Å²) in [5.41, 5.74) is 0.760. The van der Waals surface area contributed by atoms with Crippen LogP contribution in [-0.4, -0.2) is 45.5 Å². The fourth-order valence-corrected chi connectivity index (χ4v) is 4.82. The van der Waals surface area contributed by atoms with E-state index in [2.05, 4.69) is 5.32 Å². The number of hydrogen-bond donors (Lipinski definition) is 1. The highest BCUT2D eigenvalue weighted by Gasteiger charge is 2.60. The molecule has 0 aromatic heterocycles. The van der Waals surface area contributed by atoms with E-state index in [1.165, 1.54) is 26.4 Å². The number of nitrogens with zero attached hydrogens (tertiary/aromatic N) is 1. The molecule has 2 aromatic carbocycles. The standard InChI is InChI=1S/C24H24Cl2N2O5/c1-12-8-14(27-15-9-13(25)6-7-16(15)28(2)3)10-19(29)24(12)23(30)20-17(31-4)11-18(32-5)21(26)22(20)33-24/h6-7,9-12,27H,8H2,1-5H3/t12-,24+/m1/s1. The first-order valence-corrected chi connectivity index (χ1v) is 11.1. The lowest BCUT2D eigenvalue weighted by Crippen LogP contribution is -2.55. The number of ether oxygens (including phenoxy) is 3. The molecular weight excluding hydrogens is 467 g/mol. The van der Waals surface area contributed by atoms with Gasteiger partial charge in [-0.15, -0.1) is 0 Å². The molecule has 1 heterocycles. The first-order valence-electron chi connectivity index (χ1n) is 10.3. The Balaban J connectivity index is 1.73. The molecule has 2 aromatic rings. The third kappa shape index (κ3) is 3.60. The molecule has 0 bridgehead atoms. The van der Waals surface area contributed by atoms with Crippen molar-refractivity contribution in [3.8, 4) is 17.2 Å². The summed E-state index contributed by atoms with van der Waals surface area (Å²) in [5.74, 6) is -0.767. The van der Waals surface area contributed by atoms with Gasteiger partial charge in [-0.3, -0.25) is 9.59 Å². The van der Waals surface area contributed by atoms with Crippen molar-refractivity contribution >= 4 is 46.1 Å². The van der Waals surface area contributed by atoms with Crippen LogP contribution in [0.4, 0.5) is 11.4 Å². The predicted octanol–water partition coefficient (Wildman–Crippen LogP) is 5.00. The lowest BCUT2D eigenvalue weighted by atomic mass is 9.74. The molecule has 1 N–H and O–H groups in total. The van der Waals surface area contributed by atoms with E-state index < -0.39 is 23.1 Å². The van der Waals surface area contributed by atoms with Crippen molar-refractivity contribution < 1.29 is 23.8 Å². The first-order chi connectivity index (χ1) is 15.6. The van der Waals surface area contributed by atoms with E-state index in [9.17, 15) is 9.59 Å². The van der Waals surface area contributed by atoms with Gasteiger partial charge in [0.15, 0.2) is 5.75 Å². The Kier molecular flexibility index (Phi) is 5.97. The number of allylic oxidation sites excluding steroid dienone is 1. The van der Waals surface area contributed by atoms with Crippen molar-refractivity contribution in [3.63, 3.8) is 0 Å². The molecule has 0 saturated carbocycles. The summed E-state index contributed by atoms with van der Waals surface area (Å²) in [5, 5.41) is 4.00. The molecular formula is C24H24Cl2N2O5. The van der Waals surface area contributed by atoms with E-state index in [1.54, 1.807) is 19.1 Å². The number of hydrogen-bond acceptors (Lipinski definition) is 7. The fraction of sp³-hybridized carbons (Fsp3) is 0.333. The maximum atomic E-state index is 13.6. The zero-order chi connectivity index (χ0) is 24.1. The summed E-state index contributed by atoms with van der Waals surface area (Å²) in [4.78, 5) is 29.0. The van der Waals surface area contributed by atoms with Crippen LogP contribution >= 0.6 is 23.2 Å². The monoisotopic (exact) mass is 490 g/mol. The number of rotatable bonds is 5. The maximum absolute atomic E-state index is 13.6. The third-order valence-corrected chi connectivity index (χ3v) is 6.64.